The molecule has 0 aromatic heterocycles. The molecule has 2 aromatic carbocycles. The van der Waals surface area contributed by atoms with Gasteiger partial charge in [0.25, 0.3) is 5.91 Å². The maximum absolute atomic E-state index is 13.0. The molecule has 0 spiro atoms. The number of carbonyl (C=O) groups excluding carboxylic acids is 2. The van der Waals surface area contributed by atoms with Crippen molar-refractivity contribution in [1.29, 1.82) is 0 Å². The summed E-state index contributed by atoms with van der Waals surface area (Å²) >= 11 is 0. The number of benzene rings is 2. The summed E-state index contributed by atoms with van der Waals surface area (Å²) in [4.78, 5) is 32.3. The van der Waals surface area contributed by atoms with Crippen LogP contribution in [0.1, 0.15) is 41.6 Å². The molecule has 0 aliphatic carbocycles. The van der Waals surface area contributed by atoms with Gasteiger partial charge in [-0.2, -0.15) is 0 Å². The van der Waals surface area contributed by atoms with Crippen molar-refractivity contribution in [2.45, 2.75) is 38.3 Å². The van der Waals surface area contributed by atoms with Crippen LogP contribution in [-0.2, 0) is 11.3 Å². The Morgan fingerprint density at radius 3 is 2.21 bits per heavy atom. The molecule has 2 aromatic rings. The van der Waals surface area contributed by atoms with E-state index in [4.69, 9.17) is 4.74 Å². The van der Waals surface area contributed by atoms with Crippen molar-refractivity contribution in [2.24, 2.45) is 5.92 Å². The van der Waals surface area contributed by atoms with Gasteiger partial charge in [0.2, 0.25) is 5.91 Å². The highest BCUT2D eigenvalue weighted by Crippen LogP contribution is 2.27. The maximum atomic E-state index is 13.0. The first-order valence-corrected chi connectivity index (χ1v) is 12.0. The summed E-state index contributed by atoms with van der Waals surface area (Å²) in [5.41, 5.74) is 1.80. The van der Waals surface area contributed by atoms with Crippen molar-refractivity contribution in [3.05, 3.63) is 65.7 Å². The minimum Gasteiger partial charge on any atom is -0.496 e. The van der Waals surface area contributed by atoms with Gasteiger partial charge in [0.15, 0.2) is 0 Å². The Morgan fingerprint density at radius 1 is 0.909 bits per heavy atom. The molecular weight excluding hydrogens is 414 g/mol. The molecule has 0 unspecified atom stereocenters. The first kappa shape index (κ1) is 23.3. The van der Waals surface area contributed by atoms with Crippen molar-refractivity contribution in [3.8, 4) is 5.75 Å². The molecule has 33 heavy (non-hydrogen) atoms. The number of para-hydroxylation sites is 1. The van der Waals surface area contributed by atoms with Crippen LogP contribution in [-0.4, -0.2) is 72.9 Å². The molecule has 0 N–H and O–H groups in total. The average molecular weight is 450 g/mol. The summed E-state index contributed by atoms with van der Waals surface area (Å²) in [6, 6.07) is 18.1. The molecule has 2 aliphatic rings. The molecule has 0 saturated carbocycles. The summed E-state index contributed by atoms with van der Waals surface area (Å²) in [6.45, 7) is 4.11. The van der Waals surface area contributed by atoms with Crippen molar-refractivity contribution in [3.63, 3.8) is 0 Å². The lowest BCUT2D eigenvalue weighted by Gasteiger charge is -2.42. The summed E-state index contributed by atoms with van der Waals surface area (Å²) < 4.78 is 5.37. The van der Waals surface area contributed by atoms with Gasteiger partial charge in [0.1, 0.15) is 5.75 Å². The van der Waals surface area contributed by atoms with Crippen molar-refractivity contribution in [1.82, 2.24) is 14.7 Å². The topological polar surface area (TPSA) is 53.1 Å². The second kappa shape index (κ2) is 10.8. The summed E-state index contributed by atoms with van der Waals surface area (Å²) in [5.74, 6) is 1.06. The van der Waals surface area contributed by atoms with E-state index in [1.54, 1.807) is 7.11 Å². The fourth-order valence-corrected chi connectivity index (χ4v) is 5.18. The van der Waals surface area contributed by atoms with Crippen molar-refractivity contribution in [2.75, 3.05) is 40.3 Å². The summed E-state index contributed by atoms with van der Waals surface area (Å²) in [6.07, 6.45) is 3.79. The number of ether oxygens (including phenoxy) is 1. The minimum atomic E-state index is 0.0525. The first-order chi connectivity index (χ1) is 16.1. The van der Waals surface area contributed by atoms with E-state index in [0.29, 0.717) is 23.9 Å². The largest absolute Gasteiger partial charge is 0.496 e. The van der Waals surface area contributed by atoms with E-state index in [2.05, 4.69) is 17.0 Å². The van der Waals surface area contributed by atoms with E-state index in [9.17, 15) is 9.59 Å². The zero-order valence-electron chi connectivity index (χ0n) is 19.8. The number of carbonyl (C=O) groups is 2. The van der Waals surface area contributed by atoms with Gasteiger partial charge in [-0.25, -0.2) is 0 Å². The van der Waals surface area contributed by atoms with Gasteiger partial charge in [-0.1, -0.05) is 42.5 Å². The van der Waals surface area contributed by atoms with Crippen LogP contribution in [0, 0.1) is 5.92 Å². The van der Waals surface area contributed by atoms with Crippen LogP contribution in [0.3, 0.4) is 0 Å². The van der Waals surface area contributed by atoms with E-state index >= 15 is 0 Å². The molecule has 6 nitrogen and oxygen atoms in total. The Kier molecular flexibility index (Phi) is 7.65. The van der Waals surface area contributed by atoms with Crippen LogP contribution in [0.5, 0.6) is 5.75 Å². The Labute approximate surface area is 197 Å². The number of rotatable bonds is 6. The lowest BCUT2D eigenvalue weighted by atomic mass is 9.92. The number of hydrogen-bond acceptors (Lipinski definition) is 4. The SMILES string of the molecule is COc1ccccc1C(=O)N1CCC(N2CCC(C(=O)N(C)Cc3ccccc3)CC2)CC1. The Balaban J connectivity index is 1.24. The number of nitrogens with zero attached hydrogens (tertiary/aromatic N) is 3. The number of likely N-dealkylation sites (tertiary alicyclic amines) is 2. The van der Waals surface area contributed by atoms with Gasteiger partial charge in [-0.05, 0) is 56.5 Å². The Morgan fingerprint density at radius 2 is 1.55 bits per heavy atom. The third-order valence-electron chi connectivity index (χ3n) is 7.12. The van der Waals surface area contributed by atoms with E-state index in [-0.39, 0.29) is 17.7 Å². The Bertz CT molecular complexity index is 933. The highest BCUT2D eigenvalue weighted by molar-refractivity contribution is 5.97. The van der Waals surface area contributed by atoms with Gasteiger partial charge < -0.3 is 19.4 Å². The van der Waals surface area contributed by atoms with Crippen molar-refractivity contribution >= 4 is 11.8 Å². The summed E-state index contributed by atoms with van der Waals surface area (Å²) in [7, 11) is 3.52. The second-order valence-corrected chi connectivity index (χ2v) is 9.21. The van der Waals surface area contributed by atoms with Crippen LogP contribution in [0.25, 0.3) is 0 Å². The molecule has 2 heterocycles. The van der Waals surface area contributed by atoms with Gasteiger partial charge in [0.05, 0.1) is 12.7 Å². The lowest BCUT2D eigenvalue weighted by molar-refractivity contribution is -0.136. The zero-order valence-corrected chi connectivity index (χ0v) is 19.8. The number of hydrogen-bond donors (Lipinski definition) is 0. The van der Waals surface area contributed by atoms with Crippen LogP contribution >= 0.6 is 0 Å². The van der Waals surface area contributed by atoms with Crippen LogP contribution in [0.2, 0.25) is 0 Å². The molecule has 0 bridgehead atoms. The molecule has 6 heteroatoms. The molecule has 0 radical (unpaired) electrons. The van der Waals surface area contributed by atoms with Gasteiger partial charge in [-0.3, -0.25) is 9.59 Å². The molecule has 2 amide bonds. The normalized spacial score (nSPS) is 18.2. The highest BCUT2D eigenvalue weighted by atomic mass is 16.5. The van der Waals surface area contributed by atoms with Crippen LogP contribution in [0.4, 0.5) is 0 Å². The van der Waals surface area contributed by atoms with Gasteiger partial charge in [-0.15, -0.1) is 0 Å². The monoisotopic (exact) mass is 449 g/mol. The fourth-order valence-electron chi connectivity index (χ4n) is 5.18. The molecule has 0 atom stereocenters. The first-order valence-electron chi connectivity index (χ1n) is 12.0. The molecule has 2 aliphatic heterocycles. The molecule has 176 valence electrons. The van der Waals surface area contributed by atoms with Crippen LogP contribution in [0.15, 0.2) is 54.6 Å². The van der Waals surface area contributed by atoms with E-state index < -0.39 is 0 Å². The van der Waals surface area contributed by atoms with E-state index in [1.165, 1.54) is 5.56 Å². The second-order valence-electron chi connectivity index (χ2n) is 9.21. The predicted octanol–water partition coefficient (Wildman–Crippen LogP) is 3.67. The predicted molar refractivity (Wildman–Crippen MR) is 129 cm³/mol. The Hall–Kier alpha value is -2.86. The maximum Gasteiger partial charge on any atom is 0.257 e. The third kappa shape index (κ3) is 5.56. The zero-order chi connectivity index (χ0) is 23.2. The summed E-state index contributed by atoms with van der Waals surface area (Å²) in [5, 5.41) is 0. The standard InChI is InChI=1S/C27H35N3O3/c1-28(20-21-8-4-3-5-9-21)26(31)22-12-16-29(17-13-22)23-14-18-30(19-15-23)27(32)24-10-6-7-11-25(24)33-2/h3-11,22-23H,12-20H2,1-2H3. The number of methoxy groups -OCH3 is 1. The number of amides is 2. The molecule has 2 fully saturated rings. The van der Waals surface area contributed by atoms with Crippen molar-refractivity contribution < 1.29 is 14.3 Å². The molecular formula is C27H35N3O3. The van der Waals surface area contributed by atoms with E-state index in [1.807, 2.05) is 59.3 Å². The lowest BCUT2D eigenvalue weighted by Crippen LogP contribution is -2.50. The quantitative estimate of drug-likeness (QED) is 0.675. The van der Waals surface area contributed by atoms with Crippen LogP contribution < -0.4 is 4.74 Å². The highest BCUT2D eigenvalue weighted by Gasteiger charge is 2.33. The average Bonchev–Trinajstić information content (AvgIpc) is 2.88. The smallest absolute Gasteiger partial charge is 0.257 e. The fraction of sp³-hybridized carbons (Fsp3) is 0.481. The number of piperidine rings is 2. The van der Waals surface area contributed by atoms with Gasteiger partial charge in [0, 0.05) is 38.6 Å². The minimum absolute atomic E-state index is 0.0525. The third-order valence-corrected chi connectivity index (χ3v) is 7.12. The van der Waals surface area contributed by atoms with Gasteiger partial charge >= 0.3 is 0 Å². The molecule has 2 saturated heterocycles. The van der Waals surface area contributed by atoms with E-state index in [0.717, 1.165) is 51.9 Å². The molecule has 4 rings (SSSR count).